The van der Waals surface area contributed by atoms with E-state index in [2.05, 4.69) is 17.0 Å². The Bertz CT molecular complexity index is 1050. The number of hydrogen-bond acceptors (Lipinski definition) is 4. The van der Waals surface area contributed by atoms with Crippen LogP contribution >= 0.6 is 0 Å². The van der Waals surface area contributed by atoms with Crippen LogP contribution in [0.3, 0.4) is 0 Å². The minimum absolute atomic E-state index is 0.249. The molecule has 2 atom stereocenters. The van der Waals surface area contributed by atoms with E-state index in [1.54, 1.807) is 18.2 Å². The molecule has 0 bridgehead atoms. The van der Waals surface area contributed by atoms with E-state index in [1.165, 1.54) is 38.5 Å². The molecule has 5 heteroatoms. The molecule has 5 rings (SSSR count). The quantitative estimate of drug-likeness (QED) is 0.673. The number of carbonyl (C=O) groups is 1. The van der Waals surface area contributed by atoms with Crippen molar-refractivity contribution in [1.29, 1.82) is 0 Å². The summed E-state index contributed by atoms with van der Waals surface area (Å²) in [7, 11) is 0. The molecule has 2 aliphatic rings. The van der Waals surface area contributed by atoms with Crippen molar-refractivity contribution in [3.8, 4) is 11.3 Å². The first-order valence-corrected chi connectivity index (χ1v) is 10.6. The van der Waals surface area contributed by atoms with Gasteiger partial charge in [0.25, 0.3) is 0 Å². The Kier molecular flexibility index (Phi) is 4.66. The van der Waals surface area contributed by atoms with Crippen molar-refractivity contribution in [2.75, 3.05) is 11.4 Å². The highest BCUT2D eigenvalue weighted by molar-refractivity contribution is 5.93. The number of piperidine rings is 1. The number of carboxylic acids is 1. The van der Waals surface area contributed by atoms with Crippen LogP contribution in [0.25, 0.3) is 22.3 Å². The van der Waals surface area contributed by atoms with E-state index in [1.807, 2.05) is 18.2 Å². The predicted molar refractivity (Wildman–Crippen MR) is 114 cm³/mol. The number of rotatable bonds is 3. The molecular formula is C24H25N3O2. The van der Waals surface area contributed by atoms with Crippen LogP contribution in [-0.2, 0) is 0 Å². The third kappa shape index (κ3) is 3.35. The summed E-state index contributed by atoms with van der Waals surface area (Å²) in [6.45, 7) is 0.986. The lowest BCUT2D eigenvalue weighted by atomic mass is 9.78. The number of carboxylic acid groups (broad SMARTS) is 1. The summed E-state index contributed by atoms with van der Waals surface area (Å²) in [5, 5.41) is 9.39. The maximum atomic E-state index is 11.4. The standard InChI is InChI=1S/C24H25N3O2/c28-24(29)18-12-13-19-20(15-18)26-23(22(25-19)17-8-2-1-3-9-17)27-14-6-10-16-7-4-5-11-21(16)27/h1-3,8-9,12-13,15-16,21H,4-7,10-11,14H2,(H,28,29). The smallest absolute Gasteiger partial charge is 0.335 e. The Morgan fingerprint density at radius 3 is 2.55 bits per heavy atom. The normalized spacial score (nSPS) is 21.7. The van der Waals surface area contributed by atoms with Gasteiger partial charge in [-0.3, -0.25) is 0 Å². The summed E-state index contributed by atoms with van der Waals surface area (Å²) in [6.07, 6.45) is 7.56. The molecule has 1 aliphatic heterocycles. The maximum Gasteiger partial charge on any atom is 0.335 e. The Morgan fingerprint density at radius 2 is 1.72 bits per heavy atom. The van der Waals surface area contributed by atoms with Crippen LogP contribution in [0, 0.1) is 5.92 Å². The monoisotopic (exact) mass is 387 g/mol. The second kappa shape index (κ2) is 7.47. The minimum Gasteiger partial charge on any atom is -0.478 e. The van der Waals surface area contributed by atoms with Gasteiger partial charge in [-0.2, -0.15) is 0 Å². The van der Waals surface area contributed by atoms with Gasteiger partial charge in [0, 0.05) is 18.2 Å². The molecule has 148 valence electrons. The minimum atomic E-state index is -0.937. The van der Waals surface area contributed by atoms with Crippen molar-refractivity contribution in [3.63, 3.8) is 0 Å². The SMILES string of the molecule is O=C(O)c1ccc2nc(-c3ccccc3)c(N3CCCC4CCCCC43)nc2c1. The van der Waals surface area contributed by atoms with Crippen molar-refractivity contribution in [3.05, 3.63) is 54.1 Å². The molecule has 1 N–H and O–H groups in total. The van der Waals surface area contributed by atoms with Gasteiger partial charge in [-0.15, -0.1) is 0 Å². The van der Waals surface area contributed by atoms with Gasteiger partial charge < -0.3 is 10.0 Å². The third-order valence-electron chi connectivity index (χ3n) is 6.46. The van der Waals surface area contributed by atoms with E-state index < -0.39 is 5.97 Å². The van der Waals surface area contributed by atoms with Crippen molar-refractivity contribution in [1.82, 2.24) is 9.97 Å². The van der Waals surface area contributed by atoms with Crippen LogP contribution in [0.5, 0.6) is 0 Å². The van der Waals surface area contributed by atoms with E-state index in [9.17, 15) is 9.90 Å². The average Bonchev–Trinajstić information content (AvgIpc) is 2.78. The summed E-state index contributed by atoms with van der Waals surface area (Å²) in [5.74, 6) is 0.694. The second-order valence-electron chi connectivity index (χ2n) is 8.22. The molecular weight excluding hydrogens is 362 g/mol. The van der Waals surface area contributed by atoms with Gasteiger partial charge >= 0.3 is 5.97 Å². The van der Waals surface area contributed by atoms with Crippen LogP contribution < -0.4 is 4.90 Å². The first-order chi connectivity index (χ1) is 14.2. The number of aromatic nitrogens is 2. The van der Waals surface area contributed by atoms with Crippen molar-refractivity contribution >= 4 is 22.8 Å². The fourth-order valence-corrected chi connectivity index (χ4v) is 5.06. The molecule has 3 aromatic rings. The Hall–Kier alpha value is -2.95. The molecule has 0 radical (unpaired) electrons. The van der Waals surface area contributed by atoms with E-state index >= 15 is 0 Å². The van der Waals surface area contributed by atoms with Crippen LogP contribution in [0.1, 0.15) is 48.9 Å². The van der Waals surface area contributed by atoms with E-state index in [4.69, 9.17) is 9.97 Å². The van der Waals surface area contributed by atoms with Gasteiger partial charge in [0.05, 0.1) is 16.6 Å². The molecule has 2 fully saturated rings. The van der Waals surface area contributed by atoms with Crippen molar-refractivity contribution < 1.29 is 9.90 Å². The molecule has 29 heavy (non-hydrogen) atoms. The number of aromatic carboxylic acids is 1. The highest BCUT2D eigenvalue weighted by Crippen LogP contribution is 2.40. The number of benzene rings is 2. The fraction of sp³-hybridized carbons (Fsp3) is 0.375. The van der Waals surface area contributed by atoms with Gasteiger partial charge in [0.15, 0.2) is 5.82 Å². The van der Waals surface area contributed by atoms with Crippen LogP contribution in [0.2, 0.25) is 0 Å². The zero-order chi connectivity index (χ0) is 19.8. The summed E-state index contributed by atoms with van der Waals surface area (Å²) < 4.78 is 0. The summed E-state index contributed by atoms with van der Waals surface area (Å²) in [5.41, 5.74) is 3.58. The first-order valence-electron chi connectivity index (χ1n) is 10.6. The lowest BCUT2D eigenvalue weighted by molar-refractivity contribution is 0.0697. The molecule has 1 saturated heterocycles. The molecule has 2 heterocycles. The fourth-order valence-electron chi connectivity index (χ4n) is 5.06. The molecule has 0 spiro atoms. The number of fused-ring (bicyclic) bond motifs is 2. The lowest BCUT2D eigenvalue weighted by Gasteiger charge is -2.45. The topological polar surface area (TPSA) is 66.3 Å². The number of nitrogens with zero attached hydrogens (tertiary/aromatic N) is 3. The molecule has 5 nitrogen and oxygen atoms in total. The van der Waals surface area contributed by atoms with Gasteiger partial charge in [0.1, 0.15) is 5.69 Å². The van der Waals surface area contributed by atoms with Gasteiger partial charge in [-0.05, 0) is 49.8 Å². The third-order valence-corrected chi connectivity index (χ3v) is 6.46. The highest BCUT2D eigenvalue weighted by Gasteiger charge is 2.35. The van der Waals surface area contributed by atoms with Gasteiger partial charge in [-0.1, -0.05) is 43.2 Å². The van der Waals surface area contributed by atoms with E-state index in [0.29, 0.717) is 11.6 Å². The second-order valence-corrected chi connectivity index (χ2v) is 8.22. The van der Waals surface area contributed by atoms with Crippen LogP contribution in [-0.4, -0.2) is 33.6 Å². The Morgan fingerprint density at radius 1 is 0.931 bits per heavy atom. The van der Waals surface area contributed by atoms with E-state index in [0.717, 1.165) is 35.1 Å². The van der Waals surface area contributed by atoms with Gasteiger partial charge in [0.2, 0.25) is 0 Å². The molecule has 2 unspecified atom stereocenters. The zero-order valence-corrected chi connectivity index (χ0v) is 16.4. The number of hydrogen-bond donors (Lipinski definition) is 1. The molecule has 0 amide bonds. The summed E-state index contributed by atoms with van der Waals surface area (Å²) in [6, 6.07) is 15.7. The largest absolute Gasteiger partial charge is 0.478 e. The molecule has 1 aromatic heterocycles. The Labute approximate surface area is 170 Å². The lowest BCUT2D eigenvalue weighted by Crippen LogP contribution is -2.47. The van der Waals surface area contributed by atoms with Crippen LogP contribution in [0.15, 0.2) is 48.5 Å². The summed E-state index contributed by atoms with van der Waals surface area (Å²) >= 11 is 0. The van der Waals surface area contributed by atoms with Crippen molar-refractivity contribution in [2.45, 2.75) is 44.6 Å². The Balaban J connectivity index is 1.69. The predicted octanol–water partition coefficient (Wildman–Crippen LogP) is 5.15. The first kappa shape index (κ1) is 18.1. The highest BCUT2D eigenvalue weighted by atomic mass is 16.4. The van der Waals surface area contributed by atoms with E-state index in [-0.39, 0.29) is 5.56 Å². The molecule has 1 saturated carbocycles. The maximum absolute atomic E-state index is 11.4. The average molecular weight is 387 g/mol. The van der Waals surface area contributed by atoms with Crippen molar-refractivity contribution in [2.24, 2.45) is 5.92 Å². The number of anilines is 1. The van der Waals surface area contributed by atoms with Crippen LogP contribution in [0.4, 0.5) is 5.82 Å². The molecule has 2 aromatic carbocycles. The zero-order valence-electron chi connectivity index (χ0n) is 16.4. The van der Waals surface area contributed by atoms with Gasteiger partial charge in [-0.25, -0.2) is 14.8 Å². The summed E-state index contributed by atoms with van der Waals surface area (Å²) in [4.78, 5) is 23.9. The molecule has 1 aliphatic carbocycles.